The van der Waals surface area contributed by atoms with E-state index < -0.39 is 0 Å². The third-order valence-electron chi connectivity index (χ3n) is 6.79. The molecule has 3 unspecified atom stereocenters. The predicted molar refractivity (Wildman–Crippen MR) is 97.5 cm³/mol. The molecule has 3 atom stereocenters. The fourth-order valence-corrected chi connectivity index (χ4v) is 5.23. The first kappa shape index (κ1) is 19.3. The fourth-order valence-electron chi connectivity index (χ4n) is 5.23. The first-order valence-electron chi connectivity index (χ1n) is 8.91. The minimum absolute atomic E-state index is 0. The molecule has 1 spiro atoms. The van der Waals surface area contributed by atoms with Gasteiger partial charge in [0, 0.05) is 24.0 Å². The predicted octanol–water partition coefficient (Wildman–Crippen LogP) is 2.35. The first-order valence-corrected chi connectivity index (χ1v) is 8.91. The van der Waals surface area contributed by atoms with Gasteiger partial charge < -0.3 is 15.5 Å². The summed E-state index contributed by atoms with van der Waals surface area (Å²) in [6, 6.07) is 1.84. The number of carbonyl (C=O) groups is 1. The second-order valence-electron chi connectivity index (χ2n) is 7.95. The molecule has 3 aliphatic heterocycles. The lowest BCUT2D eigenvalue weighted by atomic mass is 9.82. The van der Waals surface area contributed by atoms with Crippen LogP contribution in [0.2, 0.25) is 0 Å². The van der Waals surface area contributed by atoms with Gasteiger partial charge in [-0.2, -0.15) is 0 Å². The van der Waals surface area contributed by atoms with Gasteiger partial charge in [-0.25, -0.2) is 0 Å². The van der Waals surface area contributed by atoms with Crippen molar-refractivity contribution in [2.75, 3.05) is 20.1 Å². The summed E-state index contributed by atoms with van der Waals surface area (Å²) in [6.07, 6.45) is 9.88. The molecule has 3 saturated heterocycles. The lowest BCUT2D eigenvalue weighted by Gasteiger charge is -2.47. The summed E-state index contributed by atoms with van der Waals surface area (Å²) in [5.74, 6) is 0.684. The molecule has 23 heavy (non-hydrogen) atoms. The van der Waals surface area contributed by atoms with Crippen molar-refractivity contribution in [3.8, 4) is 0 Å². The average Bonchev–Trinajstić information content (AvgIpc) is 3.14. The normalized spacial score (nSPS) is 38.1. The molecular weight excluding hydrogens is 333 g/mol. The minimum atomic E-state index is 0. The van der Waals surface area contributed by atoms with Gasteiger partial charge in [0.1, 0.15) is 0 Å². The van der Waals surface area contributed by atoms with Gasteiger partial charge >= 0.3 is 0 Å². The molecule has 4 nitrogen and oxygen atoms in total. The van der Waals surface area contributed by atoms with E-state index >= 15 is 0 Å². The molecule has 2 bridgehead atoms. The van der Waals surface area contributed by atoms with E-state index in [1.807, 2.05) is 0 Å². The van der Waals surface area contributed by atoms with E-state index in [-0.39, 0.29) is 24.8 Å². The summed E-state index contributed by atoms with van der Waals surface area (Å²) < 4.78 is 0. The second-order valence-corrected chi connectivity index (χ2v) is 7.95. The molecular formula is C17H31Cl2N3O. The lowest BCUT2D eigenvalue weighted by molar-refractivity contribution is -0.124. The van der Waals surface area contributed by atoms with Gasteiger partial charge in [-0.1, -0.05) is 6.42 Å². The number of hydrogen-bond donors (Lipinski definition) is 2. The molecule has 1 aliphatic carbocycles. The van der Waals surface area contributed by atoms with Crippen LogP contribution in [0.25, 0.3) is 0 Å². The largest absolute Gasteiger partial charge is 0.353 e. The number of fused-ring (bicyclic) bond motifs is 2. The first-order chi connectivity index (χ1) is 10.2. The smallest absolute Gasteiger partial charge is 0.223 e. The van der Waals surface area contributed by atoms with Gasteiger partial charge in [-0.05, 0) is 70.5 Å². The van der Waals surface area contributed by atoms with Gasteiger partial charge in [0.05, 0.1) is 0 Å². The quantitative estimate of drug-likeness (QED) is 0.791. The lowest BCUT2D eigenvalue weighted by Crippen LogP contribution is -2.55. The van der Waals surface area contributed by atoms with Crippen molar-refractivity contribution in [3.05, 3.63) is 0 Å². The van der Waals surface area contributed by atoms with Crippen molar-refractivity contribution in [2.45, 2.75) is 69.5 Å². The Morgan fingerprint density at radius 3 is 2.35 bits per heavy atom. The zero-order valence-electron chi connectivity index (χ0n) is 14.1. The Balaban J connectivity index is 0.000000960. The third kappa shape index (κ3) is 3.65. The maximum atomic E-state index is 12.6. The van der Waals surface area contributed by atoms with Gasteiger partial charge in [0.25, 0.3) is 0 Å². The van der Waals surface area contributed by atoms with Crippen molar-refractivity contribution >= 4 is 30.7 Å². The Labute approximate surface area is 152 Å². The maximum Gasteiger partial charge on any atom is 0.223 e. The summed E-state index contributed by atoms with van der Waals surface area (Å²) >= 11 is 0. The average molecular weight is 364 g/mol. The molecule has 0 radical (unpaired) electrons. The van der Waals surface area contributed by atoms with Crippen molar-refractivity contribution in [1.82, 2.24) is 15.5 Å². The highest BCUT2D eigenvalue weighted by molar-refractivity contribution is 5.85. The number of nitrogens with one attached hydrogen (secondary N) is 2. The molecule has 134 valence electrons. The molecule has 2 N–H and O–H groups in total. The van der Waals surface area contributed by atoms with E-state index in [1.165, 1.54) is 44.9 Å². The summed E-state index contributed by atoms with van der Waals surface area (Å²) in [5, 5.41) is 6.83. The topological polar surface area (TPSA) is 44.4 Å². The van der Waals surface area contributed by atoms with Gasteiger partial charge in [-0.15, -0.1) is 24.8 Å². The SMILES string of the molecule is CN1C2CCCC1CC(NC(=O)C1CC13CCNCC3)C2.Cl.Cl. The number of nitrogens with zero attached hydrogens (tertiary/aromatic N) is 1. The standard InChI is InChI=1S/C17H29N3O.2ClH/c1-20-13-3-2-4-14(20)10-12(9-13)19-16(21)15-11-17(15)5-7-18-8-6-17;;/h12-15,18H,2-11H2,1H3,(H,19,21);2*1H. The van der Waals surface area contributed by atoms with E-state index in [0.717, 1.165) is 19.5 Å². The van der Waals surface area contributed by atoms with Crippen LogP contribution < -0.4 is 10.6 Å². The van der Waals surface area contributed by atoms with Crippen LogP contribution in [0.5, 0.6) is 0 Å². The van der Waals surface area contributed by atoms with Crippen LogP contribution in [0.4, 0.5) is 0 Å². The Bertz CT molecular complexity index is 414. The van der Waals surface area contributed by atoms with Crippen LogP contribution in [-0.2, 0) is 4.79 Å². The Hall–Kier alpha value is -0.0300. The molecule has 4 aliphatic rings. The van der Waals surface area contributed by atoms with Crippen LogP contribution in [0.3, 0.4) is 0 Å². The fraction of sp³-hybridized carbons (Fsp3) is 0.941. The van der Waals surface area contributed by atoms with Crippen LogP contribution >= 0.6 is 24.8 Å². The highest BCUT2D eigenvalue weighted by Gasteiger charge is 2.57. The Kier molecular flexibility index (Phi) is 6.26. The summed E-state index contributed by atoms with van der Waals surface area (Å²) in [5.41, 5.74) is 0.372. The van der Waals surface area contributed by atoms with Crippen molar-refractivity contribution in [3.63, 3.8) is 0 Å². The number of amides is 1. The number of hydrogen-bond acceptors (Lipinski definition) is 3. The van der Waals surface area contributed by atoms with Crippen LogP contribution in [-0.4, -0.2) is 49.1 Å². The van der Waals surface area contributed by atoms with Gasteiger partial charge in [0.15, 0.2) is 0 Å². The van der Waals surface area contributed by atoms with Crippen molar-refractivity contribution in [2.24, 2.45) is 11.3 Å². The van der Waals surface area contributed by atoms with Crippen LogP contribution in [0.1, 0.15) is 51.4 Å². The van der Waals surface area contributed by atoms with Crippen LogP contribution in [0.15, 0.2) is 0 Å². The molecule has 1 saturated carbocycles. The van der Waals surface area contributed by atoms with Crippen LogP contribution in [0, 0.1) is 11.3 Å². The van der Waals surface area contributed by atoms with Crippen molar-refractivity contribution < 1.29 is 4.79 Å². The molecule has 0 aromatic rings. The molecule has 0 aromatic heterocycles. The maximum absolute atomic E-state index is 12.6. The summed E-state index contributed by atoms with van der Waals surface area (Å²) in [4.78, 5) is 15.2. The van der Waals surface area contributed by atoms with E-state index in [9.17, 15) is 4.79 Å². The highest BCUT2D eigenvalue weighted by atomic mass is 35.5. The van der Waals surface area contributed by atoms with Crippen molar-refractivity contribution in [1.29, 1.82) is 0 Å². The van der Waals surface area contributed by atoms with Gasteiger partial charge in [0.2, 0.25) is 5.91 Å². The number of rotatable bonds is 2. The molecule has 4 rings (SSSR count). The number of carbonyl (C=O) groups excluding carboxylic acids is 1. The molecule has 0 aromatic carbocycles. The Morgan fingerprint density at radius 2 is 1.74 bits per heavy atom. The van der Waals surface area contributed by atoms with E-state index in [2.05, 4.69) is 22.6 Å². The summed E-state index contributed by atoms with van der Waals surface area (Å²) in [6.45, 7) is 2.20. The molecule has 4 fully saturated rings. The second kappa shape index (κ2) is 7.47. The summed E-state index contributed by atoms with van der Waals surface area (Å²) in [7, 11) is 2.28. The minimum Gasteiger partial charge on any atom is -0.353 e. The molecule has 3 heterocycles. The monoisotopic (exact) mass is 363 g/mol. The van der Waals surface area contributed by atoms with E-state index in [4.69, 9.17) is 0 Å². The number of halogens is 2. The number of piperidine rings is 3. The zero-order chi connectivity index (χ0) is 14.4. The Morgan fingerprint density at radius 1 is 1.13 bits per heavy atom. The van der Waals surface area contributed by atoms with Gasteiger partial charge in [-0.3, -0.25) is 4.79 Å². The molecule has 1 amide bonds. The highest BCUT2D eigenvalue weighted by Crippen LogP contribution is 2.58. The zero-order valence-corrected chi connectivity index (χ0v) is 15.7. The van der Waals surface area contributed by atoms with E-state index in [0.29, 0.717) is 35.4 Å². The molecule has 6 heteroatoms. The van der Waals surface area contributed by atoms with E-state index in [1.54, 1.807) is 0 Å². The third-order valence-corrected chi connectivity index (χ3v) is 6.79.